The Morgan fingerprint density at radius 1 is 1.25 bits per heavy atom. The van der Waals surface area contributed by atoms with Gasteiger partial charge in [0, 0.05) is 6.04 Å². The van der Waals surface area contributed by atoms with Gasteiger partial charge < -0.3 is 5.32 Å². The van der Waals surface area contributed by atoms with Crippen LogP contribution >= 0.6 is 0 Å². The van der Waals surface area contributed by atoms with Crippen molar-refractivity contribution in [3.05, 3.63) is 35.4 Å². The second-order valence-corrected chi connectivity index (χ2v) is 5.62. The molecule has 0 saturated heterocycles. The first-order valence-electron chi connectivity index (χ1n) is 7.42. The van der Waals surface area contributed by atoms with Crippen molar-refractivity contribution in [1.29, 1.82) is 0 Å². The zero-order chi connectivity index (χ0) is 14.6. The van der Waals surface area contributed by atoms with E-state index in [0.29, 0.717) is 11.5 Å². The second-order valence-electron chi connectivity index (χ2n) is 5.62. The van der Waals surface area contributed by atoms with Crippen LogP contribution in [0.3, 0.4) is 0 Å². The van der Waals surface area contributed by atoms with E-state index in [0.717, 1.165) is 32.2 Å². The second kappa shape index (κ2) is 6.61. The molecule has 0 radical (unpaired) electrons. The minimum atomic E-state index is -4.28. The van der Waals surface area contributed by atoms with Crippen molar-refractivity contribution in [3.63, 3.8) is 0 Å². The third-order valence-electron chi connectivity index (χ3n) is 4.08. The van der Waals surface area contributed by atoms with Crippen LogP contribution in [0.5, 0.6) is 0 Å². The number of halogens is 3. The molecule has 0 heterocycles. The highest BCUT2D eigenvalue weighted by molar-refractivity contribution is 5.32. The van der Waals surface area contributed by atoms with Gasteiger partial charge in [-0.25, -0.2) is 0 Å². The summed E-state index contributed by atoms with van der Waals surface area (Å²) in [6, 6.07) is 5.79. The van der Waals surface area contributed by atoms with Gasteiger partial charge in [0.25, 0.3) is 0 Å². The van der Waals surface area contributed by atoms with E-state index in [9.17, 15) is 13.2 Å². The maximum absolute atomic E-state index is 13.1. The largest absolute Gasteiger partial charge is 0.416 e. The Balaban J connectivity index is 2.22. The van der Waals surface area contributed by atoms with E-state index in [-0.39, 0.29) is 6.04 Å². The van der Waals surface area contributed by atoms with Crippen LogP contribution in [-0.2, 0) is 6.18 Å². The first-order chi connectivity index (χ1) is 9.52. The van der Waals surface area contributed by atoms with Crippen molar-refractivity contribution in [2.24, 2.45) is 5.92 Å². The molecular formula is C16H22F3N. The average Bonchev–Trinajstić information content (AvgIpc) is 2.36. The van der Waals surface area contributed by atoms with Crippen LogP contribution in [-0.4, -0.2) is 6.54 Å². The summed E-state index contributed by atoms with van der Waals surface area (Å²) in [5.41, 5.74) is -0.0896. The third-order valence-corrected chi connectivity index (χ3v) is 4.08. The summed E-state index contributed by atoms with van der Waals surface area (Å²) in [5.74, 6) is 0.575. The smallest absolute Gasteiger partial charge is 0.310 e. The summed E-state index contributed by atoms with van der Waals surface area (Å²) in [7, 11) is 0. The number of nitrogens with one attached hydrogen (secondary N) is 1. The molecule has 20 heavy (non-hydrogen) atoms. The van der Waals surface area contributed by atoms with Crippen molar-refractivity contribution in [1.82, 2.24) is 5.32 Å². The van der Waals surface area contributed by atoms with Gasteiger partial charge in [-0.1, -0.05) is 44.4 Å². The van der Waals surface area contributed by atoms with Crippen molar-refractivity contribution in [2.75, 3.05) is 6.54 Å². The van der Waals surface area contributed by atoms with Crippen molar-refractivity contribution in [3.8, 4) is 0 Å². The molecule has 1 N–H and O–H groups in total. The third kappa shape index (κ3) is 3.75. The molecule has 1 nitrogen and oxygen atoms in total. The first-order valence-corrected chi connectivity index (χ1v) is 7.42. The van der Waals surface area contributed by atoms with Crippen LogP contribution in [0.2, 0.25) is 0 Å². The van der Waals surface area contributed by atoms with Gasteiger partial charge in [0.05, 0.1) is 5.56 Å². The summed E-state index contributed by atoms with van der Waals surface area (Å²) in [6.45, 7) is 2.78. The fraction of sp³-hybridized carbons (Fsp3) is 0.625. The molecule has 0 spiro atoms. The van der Waals surface area contributed by atoms with Crippen molar-refractivity contribution >= 4 is 0 Å². The lowest BCUT2D eigenvalue weighted by Crippen LogP contribution is -2.28. The van der Waals surface area contributed by atoms with E-state index < -0.39 is 11.7 Å². The molecule has 1 saturated carbocycles. The molecule has 112 valence electrons. The monoisotopic (exact) mass is 285 g/mol. The van der Waals surface area contributed by atoms with E-state index in [2.05, 4.69) is 5.32 Å². The standard InChI is InChI=1S/C16H22F3N/c1-2-10-20-15(11-12-6-5-7-12)13-8-3-4-9-14(13)16(17,18)19/h3-4,8-9,12,15,20H,2,5-7,10-11H2,1H3. The molecule has 1 aliphatic rings. The van der Waals surface area contributed by atoms with E-state index in [4.69, 9.17) is 0 Å². The number of hydrogen-bond acceptors (Lipinski definition) is 1. The SMILES string of the molecule is CCCNC(CC1CCC1)c1ccccc1C(F)(F)F. The summed E-state index contributed by atoms with van der Waals surface area (Å²) in [4.78, 5) is 0. The Morgan fingerprint density at radius 2 is 1.95 bits per heavy atom. The molecular weight excluding hydrogens is 263 g/mol. The minimum Gasteiger partial charge on any atom is -0.310 e. The molecule has 1 aliphatic carbocycles. The van der Waals surface area contributed by atoms with Crippen molar-refractivity contribution in [2.45, 2.75) is 51.2 Å². The van der Waals surface area contributed by atoms with Gasteiger partial charge in [-0.05, 0) is 36.9 Å². The Hall–Kier alpha value is -1.03. The number of rotatable bonds is 6. The van der Waals surface area contributed by atoms with Crippen LogP contribution in [0.15, 0.2) is 24.3 Å². The van der Waals surface area contributed by atoms with Crippen LogP contribution in [0.25, 0.3) is 0 Å². The highest BCUT2D eigenvalue weighted by Crippen LogP contribution is 2.39. The molecule has 2 rings (SSSR count). The van der Waals surface area contributed by atoms with Gasteiger partial charge in [0.2, 0.25) is 0 Å². The zero-order valence-electron chi connectivity index (χ0n) is 11.8. The van der Waals surface area contributed by atoms with E-state index in [1.807, 2.05) is 6.92 Å². The molecule has 0 amide bonds. The quantitative estimate of drug-likeness (QED) is 0.781. The van der Waals surface area contributed by atoms with Gasteiger partial charge in [-0.3, -0.25) is 0 Å². The molecule has 0 bridgehead atoms. The minimum absolute atomic E-state index is 0.182. The molecule has 1 aromatic rings. The lowest BCUT2D eigenvalue weighted by Gasteiger charge is -2.31. The zero-order valence-corrected chi connectivity index (χ0v) is 11.8. The number of hydrogen-bond donors (Lipinski definition) is 1. The molecule has 4 heteroatoms. The lowest BCUT2D eigenvalue weighted by molar-refractivity contribution is -0.138. The van der Waals surface area contributed by atoms with Crippen LogP contribution in [0.4, 0.5) is 13.2 Å². The van der Waals surface area contributed by atoms with Crippen LogP contribution < -0.4 is 5.32 Å². The highest BCUT2D eigenvalue weighted by Gasteiger charge is 2.35. The highest BCUT2D eigenvalue weighted by atomic mass is 19.4. The van der Waals surface area contributed by atoms with E-state index in [1.54, 1.807) is 12.1 Å². The topological polar surface area (TPSA) is 12.0 Å². The Morgan fingerprint density at radius 3 is 2.50 bits per heavy atom. The van der Waals surface area contributed by atoms with Gasteiger partial charge in [-0.2, -0.15) is 13.2 Å². The maximum atomic E-state index is 13.1. The lowest BCUT2D eigenvalue weighted by atomic mass is 9.79. The Bertz CT molecular complexity index is 424. The molecule has 0 aliphatic heterocycles. The summed E-state index contributed by atoms with van der Waals surface area (Å²) in [6.07, 6.45) is 0.980. The average molecular weight is 285 g/mol. The predicted octanol–water partition coefficient (Wildman–Crippen LogP) is 4.94. The van der Waals surface area contributed by atoms with Gasteiger partial charge >= 0.3 is 6.18 Å². The van der Waals surface area contributed by atoms with E-state index >= 15 is 0 Å². The van der Waals surface area contributed by atoms with E-state index in [1.165, 1.54) is 18.6 Å². The number of alkyl halides is 3. The molecule has 1 aromatic carbocycles. The molecule has 0 aromatic heterocycles. The van der Waals surface area contributed by atoms with Gasteiger partial charge in [0.1, 0.15) is 0 Å². The van der Waals surface area contributed by atoms with Crippen LogP contribution in [0.1, 0.15) is 56.2 Å². The summed E-state index contributed by atoms with van der Waals surface area (Å²) >= 11 is 0. The Labute approximate surface area is 118 Å². The Kier molecular flexibility index (Phi) is 5.08. The fourth-order valence-electron chi connectivity index (χ4n) is 2.76. The normalized spacial score (nSPS) is 17.8. The molecule has 1 unspecified atom stereocenters. The summed E-state index contributed by atoms with van der Waals surface area (Å²) < 4.78 is 39.4. The number of benzene rings is 1. The van der Waals surface area contributed by atoms with Crippen molar-refractivity contribution < 1.29 is 13.2 Å². The maximum Gasteiger partial charge on any atom is 0.416 e. The van der Waals surface area contributed by atoms with Gasteiger partial charge in [0.15, 0.2) is 0 Å². The molecule has 1 fully saturated rings. The van der Waals surface area contributed by atoms with Gasteiger partial charge in [-0.15, -0.1) is 0 Å². The first kappa shape index (κ1) is 15.4. The van der Waals surface area contributed by atoms with Crippen LogP contribution in [0, 0.1) is 5.92 Å². The fourth-order valence-corrected chi connectivity index (χ4v) is 2.76. The predicted molar refractivity (Wildman–Crippen MR) is 74.4 cm³/mol. The summed E-state index contributed by atoms with van der Waals surface area (Å²) in [5, 5.41) is 3.30. The molecule has 1 atom stereocenters.